The summed E-state index contributed by atoms with van der Waals surface area (Å²) in [4.78, 5) is 36.5. The Morgan fingerprint density at radius 3 is 2.70 bits per heavy atom. The molecule has 140 valence electrons. The fraction of sp³-hybridized carbons (Fsp3) is 0.222. The second-order valence-electron chi connectivity index (χ2n) is 5.91. The first kappa shape index (κ1) is 18.7. The zero-order valence-electron chi connectivity index (χ0n) is 14.4. The number of halogens is 1. The lowest BCUT2D eigenvalue weighted by Crippen LogP contribution is -2.24. The minimum absolute atomic E-state index is 0.0134. The zero-order chi connectivity index (χ0) is 19.6. The fourth-order valence-electron chi connectivity index (χ4n) is 2.88. The molecular formula is C18H16ClN3O5. The van der Waals surface area contributed by atoms with Crippen molar-refractivity contribution in [2.75, 3.05) is 23.9 Å². The Morgan fingerprint density at radius 2 is 2.07 bits per heavy atom. The normalized spacial score (nSPS) is 13.6. The summed E-state index contributed by atoms with van der Waals surface area (Å²) in [7, 11) is 1.50. The van der Waals surface area contributed by atoms with Crippen LogP contribution in [0.1, 0.15) is 23.2 Å². The lowest BCUT2D eigenvalue weighted by Gasteiger charge is -2.20. The Kier molecular flexibility index (Phi) is 5.27. The first-order valence-corrected chi connectivity index (χ1v) is 8.52. The number of nitro groups is 1. The average Bonchev–Trinajstić information content (AvgIpc) is 3.07. The molecule has 3 rings (SSSR count). The first-order valence-electron chi connectivity index (χ1n) is 8.14. The summed E-state index contributed by atoms with van der Waals surface area (Å²) in [5.74, 6) is -0.0947. The molecule has 0 radical (unpaired) electrons. The molecule has 0 spiro atoms. The number of methoxy groups -OCH3 is 1. The topological polar surface area (TPSA) is 102 Å². The van der Waals surface area contributed by atoms with E-state index in [2.05, 4.69) is 5.32 Å². The van der Waals surface area contributed by atoms with Crippen molar-refractivity contribution in [3.8, 4) is 5.75 Å². The predicted molar refractivity (Wildman–Crippen MR) is 101 cm³/mol. The zero-order valence-corrected chi connectivity index (χ0v) is 15.2. The number of hydrogen-bond donors (Lipinski definition) is 1. The minimum Gasteiger partial charge on any atom is -0.495 e. The maximum absolute atomic E-state index is 12.5. The number of carbonyl (C=O) groups is 2. The Hall–Kier alpha value is -3.13. The molecule has 0 aromatic heterocycles. The van der Waals surface area contributed by atoms with E-state index in [4.69, 9.17) is 16.3 Å². The van der Waals surface area contributed by atoms with Gasteiger partial charge in [0.25, 0.3) is 11.6 Å². The number of nitrogens with one attached hydrogen (secondary N) is 1. The van der Waals surface area contributed by atoms with Crippen molar-refractivity contribution < 1.29 is 19.2 Å². The molecular weight excluding hydrogens is 374 g/mol. The van der Waals surface area contributed by atoms with Gasteiger partial charge in [0.1, 0.15) is 5.75 Å². The Balaban J connectivity index is 1.90. The van der Waals surface area contributed by atoms with Crippen LogP contribution < -0.4 is 15.0 Å². The van der Waals surface area contributed by atoms with Crippen molar-refractivity contribution in [3.05, 3.63) is 57.1 Å². The van der Waals surface area contributed by atoms with E-state index in [1.54, 1.807) is 23.1 Å². The third-order valence-electron chi connectivity index (χ3n) is 4.21. The van der Waals surface area contributed by atoms with Gasteiger partial charge in [-0.3, -0.25) is 19.7 Å². The van der Waals surface area contributed by atoms with E-state index < -0.39 is 10.8 Å². The number of non-ortho nitro benzene ring substituents is 1. The van der Waals surface area contributed by atoms with Crippen molar-refractivity contribution in [1.29, 1.82) is 0 Å². The van der Waals surface area contributed by atoms with E-state index in [-0.39, 0.29) is 22.2 Å². The molecule has 1 N–H and O–H groups in total. The van der Waals surface area contributed by atoms with E-state index in [1.165, 1.54) is 19.2 Å². The minimum atomic E-state index is -0.600. The number of hydrogen-bond acceptors (Lipinski definition) is 5. The monoisotopic (exact) mass is 389 g/mol. The van der Waals surface area contributed by atoms with Crippen LogP contribution >= 0.6 is 11.6 Å². The molecule has 2 aromatic rings. The van der Waals surface area contributed by atoms with Crippen LogP contribution in [0.5, 0.6) is 5.75 Å². The molecule has 1 heterocycles. The number of benzene rings is 2. The molecule has 0 unspecified atom stereocenters. The van der Waals surface area contributed by atoms with Gasteiger partial charge in [0.2, 0.25) is 5.91 Å². The highest BCUT2D eigenvalue weighted by molar-refractivity contribution is 6.34. The molecule has 1 saturated heterocycles. The largest absolute Gasteiger partial charge is 0.495 e. The molecule has 2 aromatic carbocycles. The SMILES string of the molecule is COc1ccc(NC(=O)c2cc([N+](=O)[O-])ccc2Cl)cc1N1CCCC1=O. The molecule has 9 heteroatoms. The van der Waals surface area contributed by atoms with Crippen molar-refractivity contribution in [1.82, 2.24) is 0 Å². The van der Waals surface area contributed by atoms with Gasteiger partial charge >= 0.3 is 0 Å². The number of nitro benzene ring substituents is 1. The van der Waals surface area contributed by atoms with Crippen LogP contribution in [-0.4, -0.2) is 30.4 Å². The summed E-state index contributed by atoms with van der Waals surface area (Å²) >= 11 is 6.01. The molecule has 27 heavy (non-hydrogen) atoms. The average molecular weight is 390 g/mol. The van der Waals surface area contributed by atoms with E-state index in [1.807, 2.05) is 0 Å². The van der Waals surface area contributed by atoms with Gasteiger partial charge < -0.3 is 15.0 Å². The summed E-state index contributed by atoms with van der Waals surface area (Å²) in [6.07, 6.45) is 1.21. The second-order valence-corrected chi connectivity index (χ2v) is 6.32. The summed E-state index contributed by atoms with van der Waals surface area (Å²) < 4.78 is 5.31. The number of anilines is 2. The number of amides is 2. The summed E-state index contributed by atoms with van der Waals surface area (Å²) in [5.41, 5.74) is 0.726. The fourth-order valence-corrected chi connectivity index (χ4v) is 3.08. The Bertz CT molecular complexity index is 931. The van der Waals surface area contributed by atoms with Crippen molar-refractivity contribution in [3.63, 3.8) is 0 Å². The van der Waals surface area contributed by atoms with Crippen LogP contribution in [0.3, 0.4) is 0 Å². The molecule has 1 aliphatic rings. The van der Waals surface area contributed by atoms with Gasteiger partial charge in [0.05, 0.1) is 28.3 Å². The van der Waals surface area contributed by atoms with Gasteiger partial charge in [-0.2, -0.15) is 0 Å². The van der Waals surface area contributed by atoms with Gasteiger partial charge in [0, 0.05) is 30.8 Å². The van der Waals surface area contributed by atoms with E-state index >= 15 is 0 Å². The Morgan fingerprint density at radius 1 is 1.30 bits per heavy atom. The van der Waals surface area contributed by atoms with E-state index in [9.17, 15) is 19.7 Å². The molecule has 0 atom stereocenters. The van der Waals surface area contributed by atoms with Crippen LogP contribution in [0.15, 0.2) is 36.4 Å². The highest BCUT2D eigenvalue weighted by atomic mass is 35.5. The van der Waals surface area contributed by atoms with Crippen LogP contribution in [0.4, 0.5) is 17.1 Å². The van der Waals surface area contributed by atoms with Crippen LogP contribution in [-0.2, 0) is 4.79 Å². The first-order chi connectivity index (χ1) is 12.9. The van der Waals surface area contributed by atoms with E-state index in [0.717, 1.165) is 12.5 Å². The van der Waals surface area contributed by atoms with Gasteiger partial charge in [-0.1, -0.05) is 11.6 Å². The number of carbonyl (C=O) groups excluding carboxylic acids is 2. The maximum atomic E-state index is 12.5. The van der Waals surface area contributed by atoms with Crippen LogP contribution in [0, 0.1) is 10.1 Å². The maximum Gasteiger partial charge on any atom is 0.270 e. The molecule has 0 saturated carbocycles. The van der Waals surface area contributed by atoms with Crippen molar-refractivity contribution >= 4 is 40.5 Å². The number of ether oxygens (including phenoxy) is 1. The number of rotatable bonds is 5. The summed E-state index contributed by atoms with van der Waals surface area (Å²) in [5, 5.41) is 13.7. The number of nitrogens with zero attached hydrogens (tertiary/aromatic N) is 2. The second kappa shape index (κ2) is 7.63. The van der Waals surface area contributed by atoms with Gasteiger partial charge in [-0.05, 0) is 30.7 Å². The molecule has 8 nitrogen and oxygen atoms in total. The summed E-state index contributed by atoms with van der Waals surface area (Å²) in [6.45, 7) is 0.573. The Labute approximate surface area is 159 Å². The predicted octanol–water partition coefficient (Wildman–Crippen LogP) is 3.64. The lowest BCUT2D eigenvalue weighted by atomic mass is 10.1. The molecule has 2 amide bonds. The molecule has 1 fully saturated rings. The third kappa shape index (κ3) is 3.85. The summed E-state index contributed by atoms with van der Waals surface area (Å²) in [6, 6.07) is 8.54. The lowest BCUT2D eigenvalue weighted by molar-refractivity contribution is -0.384. The van der Waals surface area contributed by atoms with Crippen LogP contribution in [0.25, 0.3) is 0 Å². The smallest absolute Gasteiger partial charge is 0.270 e. The highest BCUT2D eigenvalue weighted by Gasteiger charge is 2.25. The quantitative estimate of drug-likeness (QED) is 0.621. The van der Waals surface area contributed by atoms with Gasteiger partial charge in [-0.15, -0.1) is 0 Å². The molecule has 1 aliphatic heterocycles. The van der Waals surface area contributed by atoms with Gasteiger partial charge in [-0.25, -0.2) is 0 Å². The van der Waals surface area contributed by atoms with Crippen LogP contribution in [0.2, 0.25) is 5.02 Å². The van der Waals surface area contributed by atoms with Crippen molar-refractivity contribution in [2.45, 2.75) is 12.8 Å². The standard InChI is InChI=1S/C18H16ClN3O5/c1-27-16-7-4-11(9-15(16)21-8-2-3-17(21)23)20-18(24)13-10-12(22(25)26)5-6-14(13)19/h4-7,9-10H,2-3,8H2,1H3,(H,20,24). The molecule has 0 aliphatic carbocycles. The molecule has 0 bridgehead atoms. The van der Waals surface area contributed by atoms with Crippen molar-refractivity contribution in [2.24, 2.45) is 0 Å². The van der Waals surface area contributed by atoms with E-state index in [0.29, 0.717) is 30.1 Å². The third-order valence-corrected chi connectivity index (χ3v) is 4.54. The highest BCUT2D eigenvalue weighted by Crippen LogP contribution is 2.34. The van der Waals surface area contributed by atoms with Gasteiger partial charge in [0.15, 0.2) is 0 Å².